The van der Waals surface area contributed by atoms with Crippen LogP contribution in [0, 0.1) is 17.5 Å². The average molecular weight is 605 g/mol. The number of nitrogens with one attached hydrogen (secondary N) is 4. The Hall–Kier alpha value is -4.18. The number of nitrogens with zero attached hydrogens (tertiary/aromatic N) is 2. The monoisotopic (exact) mass is 604 g/mol. The van der Waals surface area contributed by atoms with Crippen molar-refractivity contribution in [1.29, 1.82) is 0 Å². The van der Waals surface area contributed by atoms with Gasteiger partial charge in [-0.25, -0.2) is 28.4 Å². The van der Waals surface area contributed by atoms with Crippen LogP contribution in [0.3, 0.4) is 0 Å². The van der Waals surface area contributed by atoms with E-state index in [2.05, 4.69) is 25.2 Å². The van der Waals surface area contributed by atoms with Crippen LogP contribution in [0.2, 0.25) is 0 Å². The zero-order chi connectivity index (χ0) is 30.0. The Morgan fingerprint density at radius 1 is 1.14 bits per heavy atom. The van der Waals surface area contributed by atoms with E-state index >= 15 is 4.39 Å². The van der Waals surface area contributed by atoms with Gasteiger partial charge in [-0.1, -0.05) is 6.07 Å². The minimum absolute atomic E-state index is 0.0442. The van der Waals surface area contributed by atoms with E-state index in [0.29, 0.717) is 11.5 Å². The van der Waals surface area contributed by atoms with E-state index in [0.717, 1.165) is 24.5 Å². The van der Waals surface area contributed by atoms with Gasteiger partial charge in [0.05, 0.1) is 47.7 Å². The van der Waals surface area contributed by atoms with Crippen LogP contribution < -0.4 is 20.2 Å². The number of aromatic nitrogens is 2. The second-order valence-electron chi connectivity index (χ2n) is 9.65. The molecular weight excluding hydrogens is 577 g/mol. The molecule has 0 saturated heterocycles. The highest BCUT2D eigenvalue weighted by Gasteiger charge is 2.26. The molecule has 1 aliphatic carbocycles. The average Bonchev–Trinajstić information content (AvgIpc) is 3.72. The summed E-state index contributed by atoms with van der Waals surface area (Å²) in [7, 11) is -2.72. The van der Waals surface area contributed by atoms with Gasteiger partial charge in [-0.3, -0.25) is 14.4 Å². The summed E-state index contributed by atoms with van der Waals surface area (Å²) in [5.41, 5.74) is 2.52. The summed E-state index contributed by atoms with van der Waals surface area (Å²) in [4.78, 5) is 22.1. The molecule has 5 N–H and O–H groups in total. The first-order valence-electron chi connectivity index (χ1n) is 12.9. The number of hydrogen-bond acceptors (Lipinski definition) is 7. The molecule has 222 valence electrons. The number of rotatable bonds is 12. The molecule has 1 fully saturated rings. The molecule has 3 aromatic carbocycles. The Labute approximate surface area is 238 Å². The molecule has 0 atom stereocenters. The predicted molar refractivity (Wildman–Crippen MR) is 149 cm³/mol. The third-order valence-corrected chi connectivity index (χ3v) is 7.63. The van der Waals surface area contributed by atoms with Crippen molar-refractivity contribution in [3.8, 4) is 0 Å². The molecule has 0 radical (unpaired) electrons. The van der Waals surface area contributed by atoms with Crippen LogP contribution >= 0.6 is 0 Å². The van der Waals surface area contributed by atoms with E-state index in [4.69, 9.17) is 9.94 Å². The van der Waals surface area contributed by atoms with Gasteiger partial charge in [0, 0.05) is 13.6 Å². The Balaban J connectivity index is 1.53. The third-order valence-electron chi connectivity index (χ3n) is 6.59. The van der Waals surface area contributed by atoms with Crippen molar-refractivity contribution in [3.05, 3.63) is 82.9 Å². The summed E-state index contributed by atoms with van der Waals surface area (Å²) in [6.45, 7) is -0.689. The van der Waals surface area contributed by atoms with Crippen LogP contribution in [-0.2, 0) is 21.6 Å². The van der Waals surface area contributed by atoms with Crippen molar-refractivity contribution in [3.63, 3.8) is 0 Å². The predicted octanol–water partition coefficient (Wildman–Crippen LogP) is 3.65. The highest BCUT2D eigenvalue weighted by Crippen LogP contribution is 2.41. The summed E-state index contributed by atoms with van der Waals surface area (Å²) in [5.74, 6) is -2.88. The van der Waals surface area contributed by atoms with Gasteiger partial charge in [-0.2, -0.15) is 8.42 Å². The molecule has 42 heavy (non-hydrogen) atoms. The number of anilines is 3. The van der Waals surface area contributed by atoms with Gasteiger partial charge in [-0.15, -0.1) is 0 Å². The highest BCUT2D eigenvalue weighted by atomic mass is 32.2. The number of fused-ring (bicyclic) bond motifs is 1. The van der Waals surface area contributed by atoms with Crippen molar-refractivity contribution < 1.29 is 36.3 Å². The van der Waals surface area contributed by atoms with E-state index < -0.39 is 33.6 Å². The van der Waals surface area contributed by atoms with E-state index in [9.17, 15) is 22.0 Å². The zero-order valence-corrected chi connectivity index (χ0v) is 23.1. The van der Waals surface area contributed by atoms with Gasteiger partial charge >= 0.3 is 0 Å². The maximum atomic E-state index is 16.0. The van der Waals surface area contributed by atoms with Crippen molar-refractivity contribution in [2.75, 3.05) is 30.3 Å². The number of benzene rings is 3. The minimum Gasteiger partial charge on any atom is -0.394 e. The maximum Gasteiger partial charge on any atom is 0.298 e. The number of halogens is 3. The molecule has 1 saturated carbocycles. The van der Waals surface area contributed by atoms with Gasteiger partial charge < -0.3 is 15.0 Å². The molecule has 1 amide bonds. The fourth-order valence-electron chi connectivity index (χ4n) is 4.44. The van der Waals surface area contributed by atoms with Crippen LogP contribution in [0.25, 0.3) is 11.0 Å². The van der Waals surface area contributed by atoms with Crippen molar-refractivity contribution >= 4 is 44.2 Å². The lowest BCUT2D eigenvalue weighted by Crippen LogP contribution is -2.26. The lowest BCUT2D eigenvalue weighted by atomic mass is 10.1. The fourth-order valence-corrected chi connectivity index (χ4v) is 4.97. The topological polar surface area (TPSA) is 147 Å². The van der Waals surface area contributed by atoms with Crippen LogP contribution in [0.5, 0.6) is 0 Å². The molecule has 1 aliphatic rings. The summed E-state index contributed by atoms with van der Waals surface area (Å²) in [6, 6.07) is 9.44. The van der Waals surface area contributed by atoms with E-state index in [-0.39, 0.29) is 53.4 Å². The summed E-state index contributed by atoms with van der Waals surface area (Å²) in [5, 5.41) is 11.6. The van der Waals surface area contributed by atoms with E-state index in [1.165, 1.54) is 48.3 Å². The SMILES string of the molecule is CNS(=O)(=O)Nc1cc(F)cc(Cn2cnc3c(F)c(Nc4ccc(C5CC5)cc4F)c(C(=O)NOCCO)cc32)c1. The quantitative estimate of drug-likeness (QED) is 0.123. The van der Waals surface area contributed by atoms with Crippen molar-refractivity contribution in [2.24, 2.45) is 0 Å². The number of amides is 1. The Morgan fingerprint density at radius 3 is 2.62 bits per heavy atom. The summed E-state index contributed by atoms with van der Waals surface area (Å²) >= 11 is 0. The first kappa shape index (κ1) is 29.3. The minimum atomic E-state index is -3.91. The van der Waals surface area contributed by atoms with Crippen LogP contribution in [-0.4, -0.2) is 49.2 Å². The van der Waals surface area contributed by atoms with Crippen LogP contribution in [0.1, 0.15) is 40.2 Å². The van der Waals surface area contributed by atoms with Gasteiger partial charge in [0.1, 0.15) is 17.2 Å². The lowest BCUT2D eigenvalue weighted by Gasteiger charge is -2.16. The van der Waals surface area contributed by atoms with Crippen molar-refractivity contribution in [1.82, 2.24) is 19.8 Å². The molecule has 4 aromatic rings. The fraction of sp³-hybridized carbons (Fsp3) is 0.259. The molecule has 5 rings (SSSR count). The zero-order valence-electron chi connectivity index (χ0n) is 22.2. The summed E-state index contributed by atoms with van der Waals surface area (Å²) in [6.07, 6.45) is 3.22. The van der Waals surface area contributed by atoms with Crippen molar-refractivity contribution in [2.45, 2.75) is 25.3 Å². The first-order valence-corrected chi connectivity index (χ1v) is 14.3. The number of hydroxylamine groups is 1. The van der Waals surface area contributed by atoms with Crippen LogP contribution in [0.15, 0.2) is 48.8 Å². The molecule has 11 nitrogen and oxygen atoms in total. The third kappa shape index (κ3) is 6.49. The number of aliphatic hydroxyl groups excluding tert-OH is 1. The molecule has 0 bridgehead atoms. The second kappa shape index (κ2) is 12.0. The molecule has 1 aromatic heterocycles. The first-order chi connectivity index (χ1) is 20.1. The number of imidazole rings is 1. The molecular formula is C27H27F3N6O5S. The van der Waals surface area contributed by atoms with E-state index in [1.807, 2.05) is 0 Å². The molecule has 0 aliphatic heterocycles. The van der Waals surface area contributed by atoms with Gasteiger partial charge in [0.25, 0.3) is 16.1 Å². The molecule has 1 heterocycles. The van der Waals surface area contributed by atoms with Gasteiger partial charge in [0.2, 0.25) is 0 Å². The Bertz CT molecular complexity index is 1760. The number of carbonyl (C=O) groups excluding carboxylic acids is 1. The molecule has 15 heteroatoms. The Kier molecular flexibility index (Phi) is 8.36. The molecule has 0 unspecified atom stereocenters. The second-order valence-corrected chi connectivity index (χ2v) is 11.3. The van der Waals surface area contributed by atoms with Gasteiger partial charge in [-0.05, 0) is 66.3 Å². The smallest absolute Gasteiger partial charge is 0.298 e. The highest BCUT2D eigenvalue weighted by molar-refractivity contribution is 7.90. The lowest BCUT2D eigenvalue weighted by molar-refractivity contribution is 0.0169. The molecule has 0 spiro atoms. The number of aliphatic hydroxyl groups is 1. The van der Waals surface area contributed by atoms with E-state index in [1.54, 1.807) is 6.07 Å². The normalized spacial score (nSPS) is 13.4. The number of carbonyl (C=O) groups is 1. The number of hydrogen-bond donors (Lipinski definition) is 5. The largest absolute Gasteiger partial charge is 0.394 e. The summed E-state index contributed by atoms with van der Waals surface area (Å²) < 4.78 is 74.6. The van der Waals surface area contributed by atoms with Crippen LogP contribution in [0.4, 0.5) is 30.2 Å². The standard InChI is InChI=1S/C27H27F3N6O5S/c1-31-42(39,40)35-19-9-15(8-18(28)11-19)13-36-14-32-26-23(36)12-20(27(38)34-41-7-6-37)25(24(26)30)33-22-5-4-17(10-21(22)29)16-2-3-16/h4-5,8-12,14,16,31,33,35,37H,2-3,6-7,13H2,1H3,(H,34,38). The van der Waals surface area contributed by atoms with Gasteiger partial charge in [0.15, 0.2) is 5.82 Å². The maximum absolute atomic E-state index is 16.0. The Morgan fingerprint density at radius 2 is 1.93 bits per heavy atom.